The Morgan fingerprint density at radius 1 is 1.10 bits per heavy atom. The van der Waals surface area contributed by atoms with Crippen LogP contribution in [-0.2, 0) is 14.8 Å². The van der Waals surface area contributed by atoms with Gasteiger partial charge < -0.3 is 10.6 Å². The van der Waals surface area contributed by atoms with Crippen LogP contribution in [0.25, 0.3) is 0 Å². The van der Waals surface area contributed by atoms with Crippen molar-refractivity contribution in [1.82, 2.24) is 9.21 Å². The minimum Gasteiger partial charge on any atom is -0.340 e. The second kappa shape index (κ2) is 7.56. The fourth-order valence-electron chi connectivity index (χ4n) is 3.15. The average molecular weight is 319 g/mol. The number of carbonyl (C=O) groups is 1. The van der Waals surface area contributed by atoms with Gasteiger partial charge in [-0.15, -0.1) is 0 Å². The third-order valence-corrected chi connectivity index (χ3v) is 5.60. The molecule has 1 fully saturated rings. The van der Waals surface area contributed by atoms with Crippen molar-refractivity contribution in [3.8, 4) is 0 Å². The van der Waals surface area contributed by atoms with Crippen LogP contribution in [0.2, 0.25) is 0 Å². The summed E-state index contributed by atoms with van der Waals surface area (Å²) in [7, 11) is -3.17. The summed E-state index contributed by atoms with van der Waals surface area (Å²) in [5.41, 5.74) is 5.45. The van der Waals surface area contributed by atoms with Gasteiger partial charge in [0.1, 0.15) is 0 Å². The monoisotopic (exact) mass is 319 g/mol. The largest absolute Gasteiger partial charge is 0.340 e. The fourth-order valence-corrected chi connectivity index (χ4v) is 3.97. The standard InChI is InChI=1S/C14H29N3O3S/c1-4-6-14(12-15,7-5-2)13(18)16-8-10-17(11-9-16)21(3,19)20/h4-12,15H2,1-3H3. The molecule has 0 saturated carbocycles. The van der Waals surface area contributed by atoms with Crippen molar-refractivity contribution in [1.29, 1.82) is 0 Å². The Balaban J connectivity index is 2.78. The molecule has 2 N–H and O–H groups in total. The number of carbonyl (C=O) groups excluding carboxylic acids is 1. The van der Waals surface area contributed by atoms with Gasteiger partial charge in [0.25, 0.3) is 0 Å². The van der Waals surface area contributed by atoms with Crippen molar-refractivity contribution in [3.63, 3.8) is 0 Å². The highest BCUT2D eigenvalue weighted by molar-refractivity contribution is 7.88. The zero-order valence-corrected chi connectivity index (χ0v) is 14.3. The van der Waals surface area contributed by atoms with Crippen molar-refractivity contribution in [3.05, 3.63) is 0 Å². The summed E-state index contributed by atoms with van der Waals surface area (Å²) in [5, 5.41) is 0. The van der Waals surface area contributed by atoms with Crippen LogP contribution in [0.15, 0.2) is 0 Å². The van der Waals surface area contributed by atoms with E-state index in [1.54, 1.807) is 4.90 Å². The second-order valence-corrected chi connectivity index (χ2v) is 7.92. The molecule has 1 aliphatic rings. The first kappa shape index (κ1) is 18.4. The minimum atomic E-state index is -3.17. The lowest BCUT2D eigenvalue weighted by Gasteiger charge is -2.40. The molecule has 6 nitrogen and oxygen atoms in total. The number of sulfonamides is 1. The van der Waals surface area contributed by atoms with Gasteiger partial charge >= 0.3 is 0 Å². The quantitative estimate of drug-likeness (QED) is 0.746. The SMILES string of the molecule is CCCC(CN)(CCC)C(=O)N1CCN(S(C)(=O)=O)CC1. The van der Waals surface area contributed by atoms with E-state index in [1.807, 2.05) is 0 Å². The highest BCUT2D eigenvalue weighted by Gasteiger charge is 2.39. The molecule has 124 valence electrons. The van der Waals surface area contributed by atoms with Gasteiger partial charge in [0, 0.05) is 32.7 Å². The first-order valence-electron chi connectivity index (χ1n) is 7.75. The lowest BCUT2D eigenvalue weighted by Crippen LogP contribution is -2.55. The predicted octanol–water partition coefficient (Wildman–Crippen LogP) is 0.636. The Kier molecular flexibility index (Phi) is 6.62. The van der Waals surface area contributed by atoms with Crippen LogP contribution in [-0.4, -0.2) is 62.5 Å². The van der Waals surface area contributed by atoms with E-state index in [-0.39, 0.29) is 5.91 Å². The molecule has 0 aromatic rings. The lowest BCUT2D eigenvalue weighted by molar-refractivity contribution is -0.144. The van der Waals surface area contributed by atoms with E-state index < -0.39 is 15.4 Å². The second-order valence-electron chi connectivity index (χ2n) is 5.94. The topological polar surface area (TPSA) is 83.7 Å². The molecule has 1 aliphatic heterocycles. The molecule has 1 amide bonds. The van der Waals surface area contributed by atoms with Gasteiger partial charge in [-0.2, -0.15) is 4.31 Å². The van der Waals surface area contributed by atoms with Crippen LogP contribution >= 0.6 is 0 Å². The Bertz CT molecular complexity index is 436. The van der Waals surface area contributed by atoms with Crippen LogP contribution in [0.4, 0.5) is 0 Å². The van der Waals surface area contributed by atoms with Crippen molar-refractivity contribution < 1.29 is 13.2 Å². The van der Waals surface area contributed by atoms with Crippen LogP contribution in [0, 0.1) is 5.41 Å². The van der Waals surface area contributed by atoms with Crippen LogP contribution in [0.1, 0.15) is 39.5 Å². The number of hydrogen-bond acceptors (Lipinski definition) is 4. The van der Waals surface area contributed by atoms with E-state index in [4.69, 9.17) is 5.73 Å². The van der Waals surface area contributed by atoms with Gasteiger partial charge in [-0.05, 0) is 12.8 Å². The molecule has 1 heterocycles. The van der Waals surface area contributed by atoms with E-state index in [0.29, 0.717) is 32.7 Å². The van der Waals surface area contributed by atoms with Crippen LogP contribution < -0.4 is 5.73 Å². The molecule has 0 aromatic carbocycles. The molecule has 0 bridgehead atoms. The van der Waals surface area contributed by atoms with Crippen molar-refractivity contribution in [2.45, 2.75) is 39.5 Å². The predicted molar refractivity (Wildman–Crippen MR) is 84.3 cm³/mol. The first-order chi connectivity index (χ1) is 9.80. The number of piperazine rings is 1. The molecular weight excluding hydrogens is 290 g/mol. The van der Waals surface area contributed by atoms with Gasteiger partial charge in [0.15, 0.2) is 0 Å². The zero-order chi connectivity index (χ0) is 16.1. The normalized spacial score (nSPS) is 18.0. The summed E-state index contributed by atoms with van der Waals surface area (Å²) >= 11 is 0. The summed E-state index contributed by atoms with van der Waals surface area (Å²) in [6.45, 7) is 6.17. The maximum absolute atomic E-state index is 12.9. The number of hydrogen-bond donors (Lipinski definition) is 1. The molecule has 0 aliphatic carbocycles. The highest BCUT2D eigenvalue weighted by atomic mass is 32.2. The summed E-state index contributed by atoms with van der Waals surface area (Å²) in [6.07, 6.45) is 4.65. The molecule has 7 heteroatoms. The van der Waals surface area contributed by atoms with Crippen molar-refractivity contribution >= 4 is 15.9 Å². The van der Waals surface area contributed by atoms with Gasteiger partial charge in [0.2, 0.25) is 15.9 Å². The molecule has 1 rings (SSSR count). The van der Waals surface area contributed by atoms with E-state index in [0.717, 1.165) is 25.7 Å². The van der Waals surface area contributed by atoms with Gasteiger partial charge in [-0.25, -0.2) is 8.42 Å². The molecule has 1 saturated heterocycles. The lowest BCUT2D eigenvalue weighted by atomic mass is 9.77. The maximum atomic E-state index is 12.9. The Morgan fingerprint density at radius 3 is 1.90 bits per heavy atom. The van der Waals surface area contributed by atoms with Crippen molar-refractivity contribution in [2.24, 2.45) is 11.1 Å². The fraction of sp³-hybridized carbons (Fsp3) is 0.929. The Morgan fingerprint density at radius 2 is 1.57 bits per heavy atom. The Hall–Kier alpha value is -0.660. The highest BCUT2D eigenvalue weighted by Crippen LogP contribution is 2.31. The molecule has 21 heavy (non-hydrogen) atoms. The van der Waals surface area contributed by atoms with Gasteiger partial charge in [0.05, 0.1) is 11.7 Å². The zero-order valence-electron chi connectivity index (χ0n) is 13.5. The van der Waals surface area contributed by atoms with E-state index >= 15 is 0 Å². The molecule has 0 unspecified atom stereocenters. The Labute approximate surface area is 128 Å². The van der Waals surface area contributed by atoms with Crippen molar-refractivity contribution in [2.75, 3.05) is 39.0 Å². The molecule has 0 aromatic heterocycles. The minimum absolute atomic E-state index is 0.0989. The molecule has 0 atom stereocenters. The smallest absolute Gasteiger partial charge is 0.230 e. The number of nitrogens with zero attached hydrogens (tertiary/aromatic N) is 2. The molecular formula is C14H29N3O3S. The molecule has 0 spiro atoms. The third kappa shape index (κ3) is 4.40. The van der Waals surface area contributed by atoms with Crippen LogP contribution in [0.3, 0.4) is 0 Å². The van der Waals surface area contributed by atoms with E-state index in [9.17, 15) is 13.2 Å². The first-order valence-corrected chi connectivity index (χ1v) is 9.60. The maximum Gasteiger partial charge on any atom is 0.230 e. The summed E-state index contributed by atoms with van der Waals surface area (Å²) in [4.78, 5) is 14.7. The van der Waals surface area contributed by atoms with Gasteiger partial charge in [-0.3, -0.25) is 4.79 Å². The van der Waals surface area contributed by atoms with E-state index in [2.05, 4.69) is 13.8 Å². The van der Waals surface area contributed by atoms with E-state index in [1.165, 1.54) is 10.6 Å². The average Bonchev–Trinajstić information content (AvgIpc) is 2.45. The van der Waals surface area contributed by atoms with Crippen LogP contribution in [0.5, 0.6) is 0 Å². The summed E-state index contributed by atoms with van der Waals surface area (Å²) < 4.78 is 24.5. The van der Waals surface area contributed by atoms with Gasteiger partial charge in [-0.1, -0.05) is 26.7 Å². The summed E-state index contributed by atoms with van der Waals surface area (Å²) in [5.74, 6) is 0.0989. The molecule has 0 radical (unpaired) electrons. The third-order valence-electron chi connectivity index (χ3n) is 4.30. The summed E-state index contributed by atoms with van der Waals surface area (Å²) in [6, 6.07) is 0. The number of rotatable bonds is 7. The number of nitrogens with two attached hydrogens (primary N) is 1. The number of amides is 1.